The second-order valence-electron chi connectivity index (χ2n) is 3.85. The van der Waals surface area contributed by atoms with E-state index in [1.165, 1.54) is 0 Å². The van der Waals surface area contributed by atoms with E-state index in [4.69, 9.17) is 10.6 Å². The molecule has 0 aliphatic heterocycles. The Kier molecular flexibility index (Phi) is 3.74. The first kappa shape index (κ1) is 12.3. The van der Waals surface area contributed by atoms with Crippen LogP contribution >= 0.6 is 0 Å². The van der Waals surface area contributed by atoms with Gasteiger partial charge in [-0.1, -0.05) is 13.0 Å². The van der Waals surface area contributed by atoms with Crippen LogP contribution in [0.5, 0.6) is 5.75 Å². The Morgan fingerprint density at radius 1 is 1.44 bits per heavy atom. The number of hydrogen-bond donors (Lipinski definition) is 2. The lowest BCUT2D eigenvalue weighted by atomic mass is 10.2. The molecule has 0 saturated carbocycles. The SMILES string of the molecule is CCC(Oc1cccc2ncccc12)C(=O)NN. The van der Waals surface area contributed by atoms with E-state index >= 15 is 0 Å². The van der Waals surface area contributed by atoms with Gasteiger partial charge in [0, 0.05) is 11.6 Å². The van der Waals surface area contributed by atoms with Crippen molar-refractivity contribution in [3.05, 3.63) is 36.5 Å². The van der Waals surface area contributed by atoms with Crippen LogP contribution < -0.4 is 16.0 Å². The minimum atomic E-state index is -0.596. The number of pyridine rings is 1. The van der Waals surface area contributed by atoms with Gasteiger partial charge in [-0.25, -0.2) is 5.84 Å². The molecule has 3 N–H and O–H groups in total. The summed E-state index contributed by atoms with van der Waals surface area (Å²) in [5, 5.41) is 0.878. The summed E-state index contributed by atoms with van der Waals surface area (Å²) in [6.45, 7) is 1.86. The van der Waals surface area contributed by atoms with Crippen LogP contribution in [-0.4, -0.2) is 17.0 Å². The van der Waals surface area contributed by atoms with Crippen LogP contribution in [0, 0.1) is 0 Å². The fourth-order valence-corrected chi connectivity index (χ4v) is 1.75. The summed E-state index contributed by atoms with van der Waals surface area (Å²) >= 11 is 0. The van der Waals surface area contributed by atoms with E-state index in [0.29, 0.717) is 12.2 Å². The van der Waals surface area contributed by atoms with Crippen LogP contribution in [0.4, 0.5) is 0 Å². The van der Waals surface area contributed by atoms with Crippen LogP contribution in [0.25, 0.3) is 10.9 Å². The second-order valence-corrected chi connectivity index (χ2v) is 3.85. The minimum Gasteiger partial charge on any atom is -0.480 e. The maximum atomic E-state index is 11.5. The lowest BCUT2D eigenvalue weighted by Gasteiger charge is -2.16. The molecule has 5 nitrogen and oxygen atoms in total. The highest BCUT2D eigenvalue weighted by atomic mass is 16.5. The van der Waals surface area contributed by atoms with Crippen LogP contribution in [0.2, 0.25) is 0 Å². The number of aromatic nitrogens is 1. The van der Waals surface area contributed by atoms with Crippen molar-refractivity contribution in [2.75, 3.05) is 0 Å². The van der Waals surface area contributed by atoms with Crippen molar-refractivity contribution in [1.82, 2.24) is 10.4 Å². The zero-order valence-corrected chi connectivity index (χ0v) is 10.1. The van der Waals surface area contributed by atoms with Crippen molar-refractivity contribution < 1.29 is 9.53 Å². The Labute approximate surface area is 105 Å². The number of hydrazine groups is 1. The number of carbonyl (C=O) groups is 1. The summed E-state index contributed by atoms with van der Waals surface area (Å²) in [7, 11) is 0. The standard InChI is InChI=1S/C13H15N3O2/c1-2-11(13(17)16-14)18-12-7-3-6-10-9(12)5-4-8-15-10/h3-8,11H,2,14H2,1H3,(H,16,17). The van der Waals surface area contributed by atoms with E-state index in [-0.39, 0.29) is 5.91 Å². The molecular weight excluding hydrogens is 230 g/mol. The van der Waals surface area contributed by atoms with Gasteiger partial charge in [0.2, 0.25) is 0 Å². The maximum Gasteiger partial charge on any atom is 0.274 e. The second kappa shape index (κ2) is 5.46. The lowest BCUT2D eigenvalue weighted by Crippen LogP contribution is -2.41. The number of ether oxygens (including phenoxy) is 1. The van der Waals surface area contributed by atoms with E-state index in [1.54, 1.807) is 6.20 Å². The first-order valence-electron chi connectivity index (χ1n) is 5.77. The summed E-state index contributed by atoms with van der Waals surface area (Å²) in [5.41, 5.74) is 2.94. The van der Waals surface area contributed by atoms with Crippen LogP contribution in [0.15, 0.2) is 36.5 Å². The number of amides is 1. The molecule has 0 fully saturated rings. The molecule has 0 radical (unpaired) electrons. The van der Waals surface area contributed by atoms with Gasteiger partial charge in [-0.15, -0.1) is 0 Å². The molecule has 1 aromatic carbocycles. The highest BCUT2D eigenvalue weighted by Gasteiger charge is 2.18. The van der Waals surface area contributed by atoms with E-state index < -0.39 is 6.10 Å². The third kappa shape index (κ3) is 2.41. The number of benzene rings is 1. The van der Waals surface area contributed by atoms with Crippen molar-refractivity contribution in [2.24, 2.45) is 5.84 Å². The van der Waals surface area contributed by atoms with Crippen molar-refractivity contribution in [1.29, 1.82) is 0 Å². The number of hydrogen-bond acceptors (Lipinski definition) is 4. The van der Waals surface area contributed by atoms with Gasteiger partial charge in [0.25, 0.3) is 5.91 Å². The Morgan fingerprint density at radius 3 is 3.00 bits per heavy atom. The molecule has 2 aromatic rings. The van der Waals surface area contributed by atoms with Gasteiger partial charge in [0.15, 0.2) is 6.10 Å². The molecule has 0 bridgehead atoms. The van der Waals surface area contributed by atoms with Crippen molar-refractivity contribution >= 4 is 16.8 Å². The average Bonchev–Trinajstić information content (AvgIpc) is 2.44. The molecule has 1 atom stereocenters. The van der Waals surface area contributed by atoms with Gasteiger partial charge in [0.1, 0.15) is 5.75 Å². The fourth-order valence-electron chi connectivity index (χ4n) is 1.75. The molecule has 0 spiro atoms. The Hall–Kier alpha value is -2.14. The largest absolute Gasteiger partial charge is 0.480 e. The van der Waals surface area contributed by atoms with Gasteiger partial charge in [-0.05, 0) is 30.7 Å². The zero-order valence-electron chi connectivity index (χ0n) is 10.1. The molecule has 18 heavy (non-hydrogen) atoms. The predicted molar refractivity (Wildman–Crippen MR) is 68.8 cm³/mol. The van der Waals surface area contributed by atoms with Crippen molar-refractivity contribution in [2.45, 2.75) is 19.4 Å². The normalized spacial score (nSPS) is 12.1. The molecule has 94 valence electrons. The molecule has 0 aliphatic carbocycles. The maximum absolute atomic E-state index is 11.5. The molecule has 0 aliphatic rings. The summed E-state index contributed by atoms with van der Waals surface area (Å²) in [6.07, 6.45) is 1.66. The first-order chi connectivity index (χ1) is 8.76. The third-order valence-electron chi connectivity index (χ3n) is 2.68. The molecule has 1 unspecified atom stereocenters. The van der Waals surface area contributed by atoms with E-state index in [2.05, 4.69) is 10.4 Å². The van der Waals surface area contributed by atoms with Crippen molar-refractivity contribution in [3.8, 4) is 5.75 Å². The highest BCUT2D eigenvalue weighted by Crippen LogP contribution is 2.25. The van der Waals surface area contributed by atoms with Crippen LogP contribution in [-0.2, 0) is 4.79 Å². The monoisotopic (exact) mass is 245 g/mol. The average molecular weight is 245 g/mol. The van der Waals surface area contributed by atoms with Crippen LogP contribution in [0.3, 0.4) is 0 Å². The first-order valence-corrected chi connectivity index (χ1v) is 5.77. The van der Waals surface area contributed by atoms with Gasteiger partial charge in [-0.2, -0.15) is 0 Å². The quantitative estimate of drug-likeness (QED) is 0.484. The van der Waals surface area contributed by atoms with E-state index in [1.807, 2.05) is 37.3 Å². The van der Waals surface area contributed by atoms with E-state index in [0.717, 1.165) is 10.9 Å². The molecule has 5 heteroatoms. The van der Waals surface area contributed by atoms with Crippen LogP contribution in [0.1, 0.15) is 13.3 Å². The number of nitrogens with zero attached hydrogens (tertiary/aromatic N) is 1. The minimum absolute atomic E-state index is 0.335. The lowest BCUT2D eigenvalue weighted by molar-refractivity contribution is -0.128. The summed E-state index contributed by atoms with van der Waals surface area (Å²) in [4.78, 5) is 15.7. The van der Waals surface area contributed by atoms with Gasteiger partial charge < -0.3 is 4.74 Å². The summed E-state index contributed by atoms with van der Waals surface area (Å²) in [5.74, 6) is 5.42. The number of rotatable bonds is 4. The predicted octanol–water partition coefficient (Wildman–Crippen LogP) is 1.38. The number of nitrogens with one attached hydrogen (secondary N) is 1. The Morgan fingerprint density at radius 2 is 2.28 bits per heavy atom. The summed E-state index contributed by atoms with van der Waals surface area (Å²) < 4.78 is 5.70. The molecule has 0 saturated heterocycles. The van der Waals surface area contributed by atoms with E-state index in [9.17, 15) is 4.79 Å². The molecular formula is C13H15N3O2. The number of carbonyl (C=O) groups excluding carboxylic acids is 1. The summed E-state index contributed by atoms with van der Waals surface area (Å²) in [6, 6.07) is 9.30. The smallest absolute Gasteiger partial charge is 0.274 e. The van der Waals surface area contributed by atoms with Gasteiger partial charge in [0.05, 0.1) is 5.52 Å². The number of fused-ring (bicyclic) bond motifs is 1. The zero-order chi connectivity index (χ0) is 13.0. The fraction of sp³-hybridized carbons (Fsp3) is 0.231. The molecule has 2 rings (SSSR count). The Balaban J connectivity index is 2.33. The van der Waals surface area contributed by atoms with Gasteiger partial charge in [-0.3, -0.25) is 15.2 Å². The molecule has 1 amide bonds. The topological polar surface area (TPSA) is 77.2 Å². The Bertz CT molecular complexity index is 551. The highest BCUT2D eigenvalue weighted by molar-refractivity contribution is 5.86. The van der Waals surface area contributed by atoms with Crippen molar-refractivity contribution in [3.63, 3.8) is 0 Å². The third-order valence-corrected chi connectivity index (χ3v) is 2.68. The molecule has 1 aromatic heterocycles. The van der Waals surface area contributed by atoms with Gasteiger partial charge >= 0.3 is 0 Å². The molecule has 1 heterocycles. The number of nitrogens with two attached hydrogens (primary N) is 1.